The molecule has 0 bridgehead atoms. The molecule has 4 heteroatoms. The number of hydrogen-bond acceptors (Lipinski definition) is 0. The van der Waals surface area contributed by atoms with Crippen LogP contribution in [0.15, 0.2) is 24.3 Å². The lowest BCUT2D eigenvalue weighted by Crippen LogP contribution is -2.41. The minimum atomic E-state index is 0.153. The highest BCUT2D eigenvalue weighted by atomic mass is 35.5. The zero-order valence-electron chi connectivity index (χ0n) is 7.34. The fraction of sp³-hybridized carbons (Fsp3) is 0.333. The van der Waals surface area contributed by atoms with Gasteiger partial charge in [-0.05, 0) is 0 Å². The van der Waals surface area contributed by atoms with Crippen molar-refractivity contribution in [2.75, 3.05) is 0 Å². The Morgan fingerprint density at radius 3 is 1.85 bits per heavy atom. The molecule has 0 spiro atoms. The number of benzene rings is 1. The monoisotopic (exact) mass is 210 g/mol. The summed E-state index contributed by atoms with van der Waals surface area (Å²) in [6, 6.07) is 8.24. The maximum absolute atomic E-state index is 6.26. The van der Waals surface area contributed by atoms with E-state index in [1.807, 2.05) is 12.1 Å². The average molecular weight is 211 g/mol. The molecule has 0 unspecified atom stereocenters. The molecule has 1 aliphatic heterocycles. The van der Waals surface area contributed by atoms with Gasteiger partial charge in [-0.1, -0.05) is 54.3 Å². The highest BCUT2D eigenvalue weighted by Gasteiger charge is 2.26. The van der Waals surface area contributed by atoms with Crippen LogP contribution in [0.25, 0.3) is 0 Å². The molecule has 13 heavy (non-hydrogen) atoms. The summed E-state index contributed by atoms with van der Waals surface area (Å²) in [5, 5.41) is 0. The Kier molecular flexibility index (Phi) is 2.90. The van der Waals surface area contributed by atoms with Crippen LogP contribution in [-0.2, 0) is 0 Å². The average Bonchev–Trinajstić information content (AvgIpc) is 2.29. The van der Waals surface area contributed by atoms with E-state index in [4.69, 9.17) is 22.9 Å². The first-order chi connectivity index (χ1) is 6.29. The van der Waals surface area contributed by atoms with E-state index in [9.17, 15) is 0 Å². The number of hydrogen-bond donors (Lipinski definition) is 0. The molecular formula is C9H10B2Cl2. The molecule has 2 rings (SSSR count). The topological polar surface area (TPSA) is 0 Å². The van der Waals surface area contributed by atoms with E-state index in [2.05, 4.69) is 12.1 Å². The van der Waals surface area contributed by atoms with Crippen molar-refractivity contribution in [3.63, 3.8) is 0 Å². The van der Waals surface area contributed by atoms with Crippen molar-refractivity contribution in [2.45, 2.75) is 19.1 Å². The standard InChI is InChI=1S/C9H10B2Cl2/c12-10-6-3-7-11(13)9-5-2-1-4-8(9)10/h1-2,4-5H,3,6-7H2. The molecule has 0 saturated carbocycles. The van der Waals surface area contributed by atoms with Crippen LogP contribution in [0.4, 0.5) is 0 Å². The fourth-order valence-electron chi connectivity index (χ4n) is 1.87. The first-order valence-corrected chi connectivity index (χ1v) is 5.53. The third-order valence-electron chi connectivity index (χ3n) is 2.59. The predicted molar refractivity (Wildman–Crippen MR) is 63.2 cm³/mol. The summed E-state index contributed by atoms with van der Waals surface area (Å²) >= 11 is 12.5. The van der Waals surface area contributed by atoms with Crippen molar-refractivity contribution >= 4 is 46.1 Å². The smallest absolute Gasteiger partial charge is 0.189 e. The molecule has 0 N–H and O–H groups in total. The van der Waals surface area contributed by atoms with Crippen molar-refractivity contribution in [1.82, 2.24) is 0 Å². The van der Waals surface area contributed by atoms with E-state index >= 15 is 0 Å². The molecule has 1 heterocycles. The van der Waals surface area contributed by atoms with Crippen molar-refractivity contribution in [2.24, 2.45) is 0 Å². The molecule has 0 radical (unpaired) electrons. The van der Waals surface area contributed by atoms with E-state index in [-0.39, 0.29) is 12.3 Å². The summed E-state index contributed by atoms with van der Waals surface area (Å²) in [7, 11) is 0. The third kappa shape index (κ3) is 1.89. The molecule has 1 aromatic carbocycles. The Morgan fingerprint density at radius 1 is 0.923 bits per heavy atom. The maximum Gasteiger partial charge on any atom is 0.282 e. The van der Waals surface area contributed by atoms with Crippen molar-refractivity contribution in [3.05, 3.63) is 24.3 Å². The predicted octanol–water partition coefficient (Wildman–Crippen LogP) is 1.96. The molecule has 0 fully saturated rings. The van der Waals surface area contributed by atoms with Crippen LogP contribution in [-0.4, -0.2) is 12.3 Å². The van der Waals surface area contributed by atoms with E-state index < -0.39 is 0 Å². The number of fused-ring (bicyclic) bond motifs is 1. The first kappa shape index (κ1) is 9.48. The molecule has 0 atom stereocenters. The fourth-order valence-corrected chi connectivity index (χ4v) is 2.57. The highest BCUT2D eigenvalue weighted by Crippen LogP contribution is 2.14. The zero-order chi connectivity index (χ0) is 9.26. The van der Waals surface area contributed by atoms with Crippen molar-refractivity contribution < 1.29 is 0 Å². The summed E-state index contributed by atoms with van der Waals surface area (Å²) in [5.74, 6) is 0. The van der Waals surface area contributed by atoms with Gasteiger partial charge in [0.15, 0.2) is 0 Å². The van der Waals surface area contributed by atoms with E-state index in [1.54, 1.807) is 0 Å². The molecule has 0 aromatic heterocycles. The second kappa shape index (κ2) is 3.98. The Labute approximate surface area is 89.6 Å². The second-order valence-electron chi connectivity index (χ2n) is 3.49. The van der Waals surface area contributed by atoms with Crippen LogP contribution < -0.4 is 10.9 Å². The largest absolute Gasteiger partial charge is 0.282 e. The minimum absolute atomic E-state index is 0.153. The van der Waals surface area contributed by atoms with Gasteiger partial charge in [-0.15, -0.1) is 0 Å². The summed E-state index contributed by atoms with van der Waals surface area (Å²) < 4.78 is 0. The molecular weight excluding hydrogens is 201 g/mol. The summed E-state index contributed by atoms with van der Waals surface area (Å²) in [5.41, 5.74) is 2.45. The van der Waals surface area contributed by atoms with Crippen LogP contribution in [0.1, 0.15) is 6.42 Å². The van der Waals surface area contributed by atoms with Crippen LogP contribution >= 0.6 is 22.9 Å². The first-order valence-electron chi connectivity index (χ1n) is 4.66. The lowest BCUT2D eigenvalue weighted by molar-refractivity contribution is 1.06. The minimum Gasteiger partial charge on any atom is -0.189 e. The molecule has 1 aromatic rings. The highest BCUT2D eigenvalue weighted by molar-refractivity contribution is 7.21. The van der Waals surface area contributed by atoms with Crippen molar-refractivity contribution in [1.29, 1.82) is 0 Å². The summed E-state index contributed by atoms with van der Waals surface area (Å²) in [6.45, 7) is 0. The van der Waals surface area contributed by atoms with Crippen LogP contribution in [0, 0.1) is 0 Å². The van der Waals surface area contributed by atoms with Gasteiger partial charge < -0.3 is 0 Å². The van der Waals surface area contributed by atoms with Crippen LogP contribution in [0.3, 0.4) is 0 Å². The van der Waals surface area contributed by atoms with E-state index in [0.717, 1.165) is 19.1 Å². The second-order valence-corrected chi connectivity index (χ2v) is 4.55. The summed E-state index contributed by atoms with van der Waals surface area (Å²) in [4.78, 5) is 0. The van der Waals surface area contributed by atoms with Gasteiger partial charge in [0, 0.05) is 0 Å². The summed E-state index contributed by atoms with van der Waals surface area (Å²) in [6.07, 6.45) is 3.51. The van der Waals surface area contributed by atoms with Gasteiger partial charge in [0.25, 0.3) is 12.3 Å². The SMILES string of the molecule is ClB1CCCB(Cl)c2ccccc21. The third-order valence-corrected chi connectivity index (χ3v) is 3.49. The Morgan fingerprint density at radius 2 is 1.38 bits per heavy atom. The van der Waals surface area contributed by atoms with Crippen LogP contribution in [0.2, 0.25) is 12.6 Å². The molecule has 0 aliphatic carbocycles. The van der Waals surface area contributed by atoms with Gasteiger partial charge in [-0.25, -0.2) is 0 Å². The normalized spacial score (nSPS) is 16.8. The van der Waals surface area contributed by atoms with Gasteiger partial charge >= 0.3 is 0 Å². The van der Waals surface area contributed by atoms with Gasteiger partial charge in [0.05, 0.1) is 0 Å². The number of halogens is 2. The van der Waals surface area contributed by atoms with Gasteiger partial charge in [-0.2, -0.15) is 22.9 Å². The molecule has 0 amide bonds. The van der Waals surface area contributed by atoms with E-state index in [1.165, 1.54) is 10.9 Å². The molecule has 66 valence electrons. The molecule has 0 nitrogen and oxygen atoms in total. The number of rotatable bonds is 0. The van der Waals surface area contributed by atoms with Crippen LogP contribution in [0.5, 0.6) is 0 Å². The zero-order valence-corrected chi connectivity index (χ0v) is 8.85. The quantitative estimate of drug-likeness (QED) is 0.575. The Bertz CT molecular complexity index is 274. The van der Waals surface area contributed by atoms with Gasteiger partial charge in [0.1, 0.15) is 0 Å². The van der Waals surface area contributed by atoms with E-state index in [0.29, 0.717) is 0 Å². The van der Waals surface area contributed by atoms with Crippen molar-refractivity contribution in [3.8, 4) is 0 Å². The lowest BCUT2D eigenvalue weighted by atomic mass is 9.58. The lowest BCUT2D eigenvalue weighted by Gasteiger charge is -2.08. The molecule has 0 saturated heterocycles. The van der Waals surface area contributed by atoms with Gasteiger partial charge in [0.2, 0.25) is 0 Å². The van der Waals surface area contributed by atoms with Gasteiger partial charge in [-0.3, -0.25) is 0 Å². The molecule has 1 aliphatic rings. The Hall–Kier alpha value is -0.0701. The maximum atomic E-state index is 6.26. The Balaban J connectivity index is 2.45.